The number of anilines is 1. The number of benzene rings is 1. The number of aryl methyl sites for hydroxylation is 3. The van der Waals surface area contributed by atoms with Crippen LogP contribution in [0.15, 0.2) is 28.8 Å². The fraction of sp³-hybridized carbons (Fsp3) is 0.400. The lowest BCUT2D eigenvalue weighted by Crippen LogP contribution is -2.36. The van der Waals surface area contributed by atoms with Gasteiger partial charge in [-0.1, -0.05) is 28.9 Å². The van der Waals surface area contributed by atoms with Crippen LogP contribution in [0.3, 0.4) is 0 Å². The Balaban J connectivity index is 1.57. The van der Waals surface area contributed by atoms with E-state index >= 15 is 0 Å². The van der Waals surface area contributed by atoms with E-state index in [1.54, 1.807) is 13.8 Å². The number of amides is 2. The van der Waals surface area contributed by atoms with Crippen LogP contribution in [0.2, 0.25) is 5.02 Å². The third-order valence-corrected chi connectivity index (χ3v) is 5.55. The van der Waals surface area contributed by atoms with E-state index in [1.807, 2.05) is 36.1 Å². The van der Waals surface area contributed by atoms with Crippen LogP contribution in [0.4, 0.5) is 10.5 Å². The van der Waals surface area contributed by atoms with Crippen LogP contribution in [-0.2, 0) is 6.54 Å². The van der Waals surface area contributed by atoms with Crippen LogP contribution < -0.4 is 5.32 Å². The standard InChI is InChI=1S/C20H23ClN6O2/c1-12-18(13(2)29-25-12)22-20(28)26-10-4-5-17(26)19-24-23-14(3)27(19)11-15-6-8-16(21)9-7-15/h6-9,17H,4-5,10-11H2,1-3H3,(H,22,28). The molecule has 8 nitrogen and oxygen atoms in total. The maximum atomic E-state index is 13.0. The third kappa shape index (κ3) is 3.85. The Morgan fingerprint density at radius 1 is 1.24 bits per heavy atom. The fourth-order valence-electron chi connectivity index (χ4n) is 3.73. The Morgan fingerprint density at radius 3 is 2.69 bits per heavy atom. The molecule has 1 saturated heterocycles. The zero-order chi connectivity index (χ0) is 20.5. The topological polar surface area (TPSA) is 89.1 Å². The van der Waals surface area contributed by atoms with E-state index < -0.39 is 0 Å². The van der Waals surface area contributed by atoms with Gasteiger partial charge in [-0.05, 0) is 51.3 Å². The number of hydrogen-bond acceptors (Lipinski definition) is 5. The van der Waals surface area contributed by atoms with Gasteiger partial charge in [0.25, 0.3) is 0 Å². The molecule has 0 spiro atoms. The molecule has 0 aliphatic carbocycles. The molecule has 1 aliphatic rings. The van der Waals surface area contributed by atoms with Crippen molar-refractivity contribution in [3.05, 3.63) is 58.0 Å². The first kappa shape index (κ1) is 19.4. The molecular weight excluding hydrogens is 392 g/mol. The minimum Gasteiger partial charge on any atom is -0.359 e. The van der Waals surface area contributed by atoms with E-state index in [4.69, 9.17) is 16.1 Å². The summed E-state index contributed by atoms with van der Waals surface area (Å²) in [5.74, 6) is 2.20. The van der Waals surface area contributed by atoms with Gasteiger partial charge in [0.05, 0.1) is 12.6 Å². The molecule has 1 unspecified atom stereocenters. The van der Waals surface area contributed by atoms with Gasteiger partial charge in [-0.15, -0.1) is 10.2 Å². The Labute approximate surface area is 173 Å². The maximum absolute atomic E-state index is 13.0. The zero-order valence-corrected chi connectivity index (χ0v) is 17.4. The SMILES string of the molecule is Cc1noc(C)c1NC(=O)N1CCCC1c1nnc(C)n1Cc1ccc(Cl)cc1. The van der Waals surface area contributed by atoms with Gasteiger partial charge in [-0.25, -0.2) is 4.79 Å². The molecule has 4 rings (SSSR count). The second-order valence-corrected chi connectivity index (χ2v) is 7.74. The number of halogens is 1. The van der Waals surface area contributed by atoms with Crippen molar-refractivity contribution in [2.75, 3.05) is 11.9 Å². The average Bonchev–Trinajstić information content (AvgIpc) is 3.40. The molecule has 0 radical (unpaired) electrons. The number of carbonyl (C=O) groups is 1. The highest BCUT2D eigenvalue weighted by Gasteiger charge is 2.34. The first-order chi connectivity index (χ1) is 13.9. The Kier molecular flexibility index (Phi) is 5.27. The lowest BCUT2D eigenvalue weighted by atomic mass is 10.2. The smallest absolute Gasteiger partial charge is 0.322 e. The van der Waals surface area contributed by atoms with Gasteiger partial charge >= 0.3 is 6.03 Å². The van der Waals surface area contributed by atoms with Gasteiger partial charge in [0, 0.05) is 11.6 Å². The van der Waals surface area contributed by atoms with Crippen molar-refractivity contribution < 1.29 is 9.32 Å². The van der Waals surface area contributed by atoms with Crippen LogP contribution in [0, 0.1) is 20.8 Å². The van der Waals surface area contributed by atoms with Gasteiger partial charge < -0.3 is 19.3 Å². The van der Waals surface area contributed by atoms with Gasteiger partial charge in [0.1, 0.15) is 17.2 Å². The summed E-state index contributed by atoms with van der Waals surface area (Å²) >= 11 is 6.00. The second-order valence-electron chi connectivity index (χ2n) is 7.30. The van der Waals surface area contributed by atoms with Crippen molar-refractivity contribution in [1.29, 1.82) is 0 Å². The molecule has 3 heterocycles. The van der Waals surface area contributed by atoms with Crippen LogP contribution in [0.25, 0.3) is 0 Å². The molecule has 1 N–H and O–H groups in total. The van der Waals surface area contributed by atoms with Crippen molar-refractivity contribution >= 4 is 23.3 Å². The molecule has 1 fully saturated rings. The summed E-state index contributed by atoms with van der Waals surface area (Å²) in [5, 5.41) is 16.2. The molecule has 2 aromatic heterocycles. The summed E-state index contributed by atoms with van der Waals surface area (Å²) in [6, 6.07) is 7.40. The summed E-state index contributed by atoms with van der Waals surface area (Å²) < 4.78 is 7.21. The van der Waals surface area contributed by atoms with Crippen molar-refractivity contribution in [3.8, 4) is 0 Å². The fourth-order valence-corrected chi connectivity index (χ4v) is 3.86. The Hall–Kier alpha value is -2.87. The molecule has 1 aromatic carbocycles. The first-order valence-corrected chi connectivity index (χ1v) is 9.96. The normalized spacial score (nSPS) is 16.4. The van der Waals surface area contributed by atoms with E-state index in [0.717, 1.165) is 30.1 Å². The number of likely N-dealkylation sites (tertiary alicyclic amines) is 1. The molecule has 152 valence electrons. The molecule has 0 bridgehead atoms. The Morgan fingerprint density at radius 2 is 2.00 bits per heavy atom. The van der Waals surface area contributed by atoms with Crippen molar-refractivity contribution in [3.63, 3.8) is 0 Å². The van der Waals surface area contributed by atoms with E-state index in [1.165, 1.54) is 0 Å². The number of aromatic nitrogens is 4. The van der Waals surface area contributed by atoms with E-state index in [9.17, 15) is 4.79 Å². The number of carbonyl (C=O) groups excluding carboxylic acids is 1. The maximum Gasteiger partial charge on any atom is 0.322 e. The summed E-state index contributed by atoms with van der Waals surface area (Å²) in [5.41, 5.74) is 2.39. The highest BCUT2D eigenvalue weighted by molar-refractivity contribution is 6.30. The molecule has 29 heavy (non-hydrogen) atoms. The van der Waals surface area contributed by atoms with Crippen molar-refractivity contribution in [1.82, 2.24) is 24.8 Å². The second kappa shape index (κ2) is 7.87. The van der Waals surface area contributed by atoms with Crippen LogP contribution in [0.1, 0.15) is 47.5 Å². The molecule has 2 amide bonds. The largest absolute Gasteiger partial charge is 0.359 e. The lowest BCUT2D eigenvalue weighted by Gasteiger charge is -2.25. The van der Waals surface area contributed by atoms with Gasteiger partial charge in [0.15, 0.2) is 11.6 Å². The van der Waals surface area contributed by atoms with Gasteiger partial charge in [-0.3, -0.25) is 0 Å². The molecule has 9 heteroatoms. The number of nitrogens with zero attached hydrogens (tertiary/aromatic N) is 5. The van der Waals surface area contributed by atoms with Crippen LogP contribution >= 0.6 is 11.6 Å². The minimum atomic E-state index is -0.180. The predicted octanol–water partition coefficient (Wildman–Crippen LogP) is 4.26. The lowest BCUT2D eigenvalue weighted by molar-refractivity contribution is 0.203. The van der Waals surface area contributed by atoms with E-state index in [0.29, 0.717) is 35.3 Å². The quantitative estimate of drug-likeness (QED) is 0.688. The highest BCUT2D eigenvalue weighted by Crippen LogP contribution is 2.32. The summed E-state index contributed by atoms with van der Waals surface area (Å²) in [6.45, 7) is 6.80. The highest BCUT2D eigenvalue weighted by atomic mass is 35.5. The van der Waals surface area contributed by atoms with Gasteiger partial charge in [0.2, 0.25) is 0 Å². The predicted molar refractivity (Wildman–Crippen MR) is 109 cm³/mol. The Bertz CT molecular complexity index is 1010. The molecule has 3 aromatic rings. The monoisotopic (exact) mass is 414 g/mol. The zero-order valence-electron chi connectivity index (χ0n) is 16.6. The molecule has 1 atom stereocenters. The molecule has 0 saturated carbocycles. The summed E-state index contributed by atoms with van der Waals surface area (Å²) in [6.07, 6.45) is 1.75. The van der Waals surface area contributed by atoms with E-state index in [2.05, 4.69) is 25.2 Å². The number of nitrogens with one attached hydrogen (secondary N) is 1. The molecule has 1 aliphatic heterocycles. The third-order valence-electron chi connectivity index (χ3n) is 5.30. The number of urea groups is 1. The summed E-state index contributed by atoms with van der Waals surface area (Å²) in [4.78, 5) is 14.8. The van der Waals surface area contributed by atoms with Crippen molar-refractivity contribution in [2.24, 2.45) is 0 Å². The first-order valence-electron chi connectivity index (χ1n) is 9.58. The summed E-state index contributed by atoms with van der Waals surface area (Å²) in [7, 11) is 0. The number of hydrogen-bond donors (Lipinski definition) is 1. The van der Waals surface area contributed by atoms with E-state index in [-0.39, 0.29) is 12.1 Å². The van der Waals surface area contributed by atoms with Crippen molar-refractivity contribution in [2.45, 2.75) is 46.2 Å². The number of rotatable bonds is 4. The molecular formula is C20H23ClN6O2. The minimum absolute atomic E-state index is 0.135. The van der Waals surface area contributed by atoms with Crippen LogP contribution in [-0.4, -0.2) is 37.4 Å². The van der Waals surface area contributed by atoms with Gasteiger partial charge in [-0.2, -0.15) is 0 Å². The average molecular weight is 415 g/mol. The van der Waals surface area contributed by atoms with Crippen LogP contribution in [0.5, 0.6) is 0 Å².